The number of allylic oxidation sites excluding steroid dienone is 1. The molecule has 1 atom stereocenters. The van der Waals surface area contributed by atoms with Crippen LogP contribution in [0.1, 0.15) is 20.3 Å². The van der Waals surface area contributed by atoms with Gasteiger partial charge in [-0.25, -0.2) is 0 Å². The lowest BCUT2D eigenvalue weighted by Gasteiger charge is -1.96. The van der Waals surface area contributed by atoms with Gasteiger partial charge in [0.2, 0.25) is 0 Å². The molecule has 0 aliphatic heterocycles. The molecule has 0 fully saturated rings. The van der Waals surface area contributed by atoms with Crippen LogP contribution in [0, 0.1) is 5.92 Å². The van der Waals surface area contributed by atoms with Gasteiger partial charge in [-0.15, -0.1) is 0 Å². The minimum atomic E-state index is 0.568. The van der Waals surface area contributed by atoms with E-state index in [1.807, 2.05) is 6.08 Å². The fraction of sp³-hybridized carbons (Fsp3) is 0.667. The van der Waals surface area contributed by atoms with Gasteiger partial charge in [0.25, 0.3) is 0 Å². The Morgan fingerprint density at radius 1 is 1.75 bits per heavy atom. The summed E-state index contributed by atoms with van der Waals surface area (Å²) in [5.41, 5.74) is 0. The van der Waals surface area contributed by atoms with E-state index in [4.69, 9.17) is 5.90 Å². The van der Waals surface area contributed by atoms with Crippen LogP contribution in [0.4, 0.5) is 0 Å². The summed E-state index contributed by atoms with van der Waals surface area (Å²) in [5.74, 6) is 5.31. The molecule has 0 aromatic carbocycles. The van der Waals surface area contributed by atoms with Gasteiger partial charge in [-0.2, -0.15) is 5.90 Å². The molecule has 48 valence electrons. The summed E-state index contributed by atoms with van der Waals surface area (Å²) in [5, 5.41) is 0. The normalized spacial score (nSPS) is 14.4. The van der Waals surface area contributed by atoms with Crippen molar-refractivity contribution >= 4 is 0 Å². The van der Waals surface area contributed by atoms with Gasteiger partial charge in [-0.3, -0.25) is 0 Å². The number of hydrogen-bond donors (Lipinski definition) is 1. The van der Waals surface area contributed by atoms with Crippen molar-refractivity contribution in [2.24, 2.45) is 11.8 Å². The Morgan fingerprint density at radius 2 is 2.38 bits per heavy atom. The maximum absolute atomic E-state index is 4.74. The van der Waals surface area contributed by atoms with E-state index in [9.17, 15) is 0 Å². The predicted octanol–water partition coefficient (Wildman–Crippen LogP) is 1.44. The second-order valence-electron chi connectivity index (χ2n) is 1.85. The quantitative estimate of drug-likeness (QED) is 0.446. The third-order valence-corrected chi connectivity index (χ3v) is 1.13. The van der Waals surface area contributed by atoms with Gasteiger partial charge in [0.15, 0.2) is 0 Å². The van der Waals surface area contributed by atoms with Crippen molar-refractivity contribution in [2.45, 2.75) is 20.3 Å². The van der Waals surface area contributed by atoms with Crippen LogP contribution in [-0.4, -0.2) is 0 Å². The molecular formula is C6H13NO. The summed E-state index contributed by atoms with van der Waals surface area (Å²) in [7, 11) is 0. The van der Waals surface area contributed by atoms with E-state index < -0.39 is 0 Å². The van der Waals surface area contributed by atoms with Gasteiger partial charge in [-0.1, -0.05) is 13.8 Å². The van der Waals surface area contributed by atoms with Crippen molar-refractivity contribution in [2.75, 3.05) is 0 Å². The molecule has 0 amide bonds. The molecule has 0 radical (unpaired) electrons. The lowest BCUT2D eigenvalue weighted by Crippen LogP contribution is -1.90. The van der Waals surface area contributed by atoms with Crippen LogP contribution in [0.15, 0.2) is 12.3 Å². The molecule has 0 aliphatic rings. The van der Waals surface area contributed by atoms with Gasteiger partial charge < -0.3 is 4.84 Å². The van der Waals surface area contributed by atoms with E-state index in [2.05, 4.69) is 18.7 Å². The van der Waals surface area contributed by atoms with Crippen LogP contribution in [0.25, 0.3) is 0 Å². The van der Waals surface area contributed by atoms with Crippen LogP contribution < -0.4 is 5.90 Å². The van der Waals surface area contributed by atoms with Crippen LogP contribution in [0.3, 0.4) is 0 Å². The van der Waals surface area contributed by atoms with Crippen molar-refractivity contribution < 1.29 is 4.84 Å². The fourth-order valence-corrected chi connectivity index (χ4v) is 0.316. The van der Waals surface area contributed by atoms with Crippen LogP contribution in [0.2, 0.25) is 0 Å². The van der Waals surface area contributed by atoms with Crippen LogP contribution in [0.5, 0.6) is 0 Å². The van der Waals surface area contributed by atoms with E-state index in [1.165, 1.54) is 6.26 Å². The molecule has 2 heteroatoms. The Balaban J connectivity index is 3.21. The minimum Gasteiger partial charge on any atom is -0.420 e. The molecule has 0 rings (SSSR count). The largest absolute Gasteiger partial charge is 0.420 e. The molecule has 0 heterocycles. The number of hydrogen-bond acceptors (Lipinski definition) is 2. The molecule has 0 aliphatic carbocycles. The highest BCUT2D eigenvalue weighted by atomic mass is 16.6. The van der Waals surface area contributed by atoms with Gasteiger partial charge in [-0.05, 0) is 18.4 Å². The highest BCUT2D eigenvalue weighted by Gasteiger charge is 1.87. The highest BCUT2D eigenvalue weighted by molar-refractivity contribution is 4.78. The molecule has 8 heavy (non-hydrogen) atoms. The minimum absolute atomic E-state index is 0.568. The van der Waals surface area contributed by atoms with E-state index in [0.717, 1.165) is 6.42 Å². The van der Waals surface area contributed by atoms with Crippen molar-refractivity contribution in [3.63, 3.8) is 0 Å². The van der Waals surface area contributed by atoms with Gasteiger partial charge >= 0.3 is 0 Å². The third kappa shape index (κ3) is 3.68. The molecule has 0 saturated heterocycles. The smallest absolute Gasteiger partial charge is 0.107 e. The summed E-state index contributed by atoms with van der Waals surface area (Å²) in [4.78, 5) is 4.23. The first-order chi connectivity index (χ1) is 3.81. The Hall–Kier alpha value is -0.500. The Labute approximate surface area is 50.3 Å². The van der Waals surface area contributed by atoms with E-state index in [1.54, 1.807) is 0 Å². The van der Waals surface area contributed by atoms with Crippen molar-refractivity contribution in [1.29, 1.82) is 0 Å². The third-order valence-electron chi connectivity index (χ3n) is 1.13. The lowest BCUT2D eigenvalue weighted by molar-refractivity contribution is 0.258. The van der Waals surface area contributed by atoms with Gasteiger partial charge in [0.1, 0.15) is 6.26 Å². The molecule has 0 aromatic heterocycles. The van der Waals surface area contributed by atoms with Crippen LogP contribution in [-0.2, 0) is 4.84 Å². The lowest BCUT2D eigenvalue weighted by atomic mass is 10.1. The molecule has 0 aromatic rings. The van der Waals surface area contributed by atoms with E-state index >= 15 is 0 Å². The summed E-state index contributed by atoms with van der Waals surface area (Å²) >= 11 is 0. The van der Waals surface area contributed by atoms with Crippen molar-refractivity contribution in [3.05, 3.63) is 12.3 Å². The summed E-state index contributed by atoms with van der Waals surface area (Å²) in [6, 6.07) is 0. The Kier molecular flexibility index (Phi) is 4.36. The zero-order chi connectivity index (χ0) is 6.41. The topological polar surface area (TPSA) is 35.2 Å². The maximum Gasteiger partial charge on any atom is 0.107 e. The SMILES string of the molecule is CCC(C)/C=C\ON. The molecule has 1 unspecified atom stereocenters. The first kappa shape index (κ1) is 7.50. The number of rotatable bonds is 3. The summed E-state index contributed by atoms with van der Waals surface area (Å²) in [6.07, 6.45) is 4.56. The van der Waals surface area contributed by atoms with Crippen molar-refractivity contribution in [1.82, 2.24) is 0 Å². The molecule has 2 N–H and O–H groups in total. The summed E-state index contributed by atoms with van der Waals surface area (Å²) < 4.78 is 0. The fourth-order valence-electron chi connectivity index (χ4n) is 0.316. The van der Waals surface area contributed by atoms with E-state index in [-0.39, 0.29) is 0 Å². The first-order valence-corrected chi connectivity index (χ1v) is 2.83. The predicted molar refractivity (Wildman–Crippen MR) is 33.9 cm³/mol. The zero-order valence-corrected chi connectivity index (χ0v) is 5.42. The summed E-state index contributed by atoms with van der Waals surface area (Å²) in [6.45, 7) is 4.22. The Morgan fingerprint density at radius 3 is 2.75 bits per heavy atom. The molecule has 2 nitrogen and oxygen atoms in total. The number of nitrogens with two attached hydrogens (primary N) is 1. The maximum atomic E-state index is 4.74. The highest BCUT2D eigenvalue weighted by Crippen LogP contribution is 2.00. The molecular weight excluding hydrogens is 102 g/mol. The second kappa shape index (κ2) is 4.65. The molecule has 0 bridgehead atoms. The second-order valence-corrected chi connectivity index (χ2v) is 1.85. The zero-order valence-electron chi connectivity index (χ0n) is 5.42. The van der Waals surface area contributed by atoms with E-state index in [0.29, 0.717) is 5.92 Å². The standard InChI is InChI=1S/C6H13NO/c1-3-6(2)4-5-8-7/h4-6H,3,7H2,1-2H3/b5-4-. The molecule has 0 saturated carbocycles. The average Bonchev–Trinajstić information content (AvgIpc) is 1.83. The first-order valence-electron chi connectivity index (χ1n) is 2.83. The van der Waals surface area contributed by atoms with Crippen molar-refractivity contribution in [3.8, 4) is 0 Å². The van der Waals surface area contributed by atoms with Gasteiger partial charge in [0.05, 0.1) is 0 Å². The van der Waals surface area contributed by atoms with Gasteiger partial charge in [0, 0.05) is 0 Å². The Bertz CT molecular complexity index is 70.9. The average molecular weight is 115 g/mol. The van der Waals surface area contributed by atoms with Crippen LogP contribution >= 0.6 is 0 Å². The monoisotopic (exact) mass is 115 g/mol. The molecule has 0 spiro atoms.